The Kier molecular flexibility index (Phi) is 4.83. The van der Waals surface area contributed by atoms with E-state index in [0.29, 0.717) is 31.0 Å². The molecular weight excluding hydrogens is 405 g/mol. The second-order valence-corrected chi connectivity index (χ2v) is 6.54. The van der Waals surface area contributed by atoms with Crippen LogP contribution in [0.4, 0.5) is 13.2 Å². The summed E-state index contributed by atoms with van der Waals surface area (Å²) in [5.41, 5.74) is 0.535. The second kappa shape index (κ2) is 6.75. The predicted molar refractivity (Wildman–Crippen MR) is 86.2 cm³/mol. The number of hydrogen-bond donors (Lipinski definition) is 1. The summed E-state index contributed by atoms with van der Waals surface area (Å²) in [5, 5.41) is 0. The van der Waals surface area contributed by atoms with Crippen molar-refractivity contribution in [1.29, 1.82) is 0 Å². The highest BCUT2D eigenvalue weighted by atomic mass is 79.9. The molecule has 10 heteroatoms. The normalized spacial score (nSPS) is 15.1. The number of hydrogen-bond acceptors (Lipinski definition) is 5. The van der Waals surface area contributed by atoms with Crippen LogP contribution in [-0.4, -0.2) is 33.5 Å². The van der Waals surface area contributed by atoms with Crippen LogP contribution in [0.2, 0.25) is 0 Å². The van der Waals surface area contributed by atoms with Crippen molar-refractivity contribution in [2.45, 2.75) is 25.7 Å². The van der Waals surface area contributed by atoms with Gasteiger partial charge in [-0.15, -0.1) is 0 Å². The summed E-state index contributed by atoms with van der Waals surface area (Å²) in [7, 11) is 1.50. The highest BCUT2D eigenvalue weighted by molar-refractivity contribution is 9.10. The van der Waals surface area contributed by atoms with E-state index in [-0.39, 0.29) is 12.2 Å². The molecule has 2 aromatic heterocycles. The fourth-order valence-corrected chi connectivity index (χ4v) is 3.15. The molecule has 0 unspecified atom stereocenters. The number of methoxy groups -OCH3 is 1. The molecule has 0 bridgehead atoms. The molecule has 0 fully saturated rings. The Morgan fingerprint density at radius 1 is 1.44 bits per heavy atom. The smallest absolute Gasteiger partial charge is 0.449 e. The van der Waals surface area contributed by atoms with Crippen LogP contribution in [0.1, 0.15) is 22.6 Å². The molecule has 0 spiro atoms. The van der Waals surface area contributed by atoms with Crippen LogP contribution in [0.3, 0.4) is 0 Å². The highest BCUT2D eigenvalue weighted by Gasteiger charge is 2.36. The van der Waals surface area contributed by atoms with Crippen molar-refractivity contribution < 1.29 is 17.9 Å². The molecule has 6 nitrogen and oxygen atoms in total. The predicted octanol–water partition coefficient (Wildman–Crippen LogP) is 2.51. The first-order valence-corrected chi connectivity index (χ1v) is 8.17. The molecule has 0 aromatic carbocycles. The minimum absolute atomic E-state index is 0.151. The number of alkyl halides is 3. The van der Waals surface area contributed by atoms with Crippen LogP contribution in [0.15, 0.2) is 21.5 Å². The van der Waals surface area contributed by atoms with Crippen LogP contribution >= 0.6 is 15.9 Å². The molecule has 1 aliphatic heterocycles. The van der Waals surface area contributed by atoms with E-state index in [9.17, 15) is 18.0 Å². The van der Waals surface area contributed by atoms with Gasteiger partial charge >= 0.3 is 6.18 Å². The van der Waals surface area contributed by atoms with E-state index in [1.54, 1.807) is 6.20 Å². The molecule has 0 atom stereocenters. The van der Waals surface area contributed by atoms with Crippen molar-refractivity contribution in [2.24, 2.45) is 0 Å². The van der Waals surface area contributed by atoms with Crippen molar-refractivity contribution in [3.63, 3.8) is 0 Å². The SMILES string of the molecule is COc1ncc(Br)cc1CN1CCc2c(nc(C(F)(F)F)[nH]c2=O)C1. The lowest BCUT2D eigenvalue weighted by atomic mass is 10.1. The monoisotopic (exact) mass is 418 g/mol. The zero-order chi connectivity index (χ0) is 18.2. The maximum Gasteiger partial charge on any atom is 0.449 e. The van der Waals surface area contributed by atoms with E-state index in [1.807, 2.05) is 16.0 Å². The van der Waals surface area contributed by atoms with Crippen LogP contribution < -0.4 is 10.3 Å². The van der Waals surface area contributed by atoms with Crippen molar-refractivity contribution >= 4 is 15.9 Å². The Balaban J connectivity index is 1.87. The van der Waals surface area contributed by atoms with Gasteiger partial charge in [-0.2, -0.15) is 13.2 Å². The molecule has 1 N–H and O–H groups in total. The molecule has 1 aliphatic rings. The first kappa shape index (κ1) is 17.9. The Hall–Kier alpha value is -1.94. The number of aromatic nitrogens is 3. The maximum atomic E-state index is 12.8. The van der Waals surface area contributed by atoms with Gasteiger partial charge in [0.15, 0.2) is 0 Å². The minimum atomic E-state index is -4.69. The summed E-state index contributed by atoms with van der Waals surface area (Å²) in [5.74, 6) is -0.816. The number of ether oxygens (including phenoxy) is 1. The van der Waals surface area contributed by atoms with Crippen molar-refractivity contribution in [3.05, 3.63) is 49.7 Å². The van der Waals surface area contributed by atoms with Crippen molar-refractivity contribution in [3.8, 4) is 5.88 Å². The Morgan fingerprint density at radius 2 is 2.20 bits per heavy atom. The van der Waals surface area contributed by atoms with Crippen LogP contribution in [-0.2, 0) is 25.7 Å². The molecule has 134 valence electrons. The summed E-state index contributed by atoms with van der Waals surface area (Å²) in [6.45, 7) is 1.10. The molecule has 25 heavy (non-hydrogen) atoms. The first-order valence-electron chi connectivity index (χ1n) is 7.38. The average molecular weight is 419 g/mol. The van der Waals surface area contributed by atoms with Gasteiger partial charge in [-0.25, -0.2) is 9.97 Å². The number of pyridine rings is 1. The minimum Gasteiger partial charge on any atom is -0.481 e. The number of aromatic amines is 1. The number of fused-ring (bicyclic) bond motifs is 1. The quantitative estimate of drug-likeness (QED) is 0.828. The number of halogens is 4. The molecule has 0 saturated heterocycles. The lowest BCUT2D eigenvalue weighted by molar-refractivity contribution is -0.145. The van der Waals surface area contributed by atoms with Gasteiger partial charge in [-0.3, -0.25) is 9.69 Å². The van der Waals surface area contributed by atoms with Crippen molar-refractivity contribution in [2.75, 3.05) is 13.7 Å². The van der Waals surface area contributed by atoms with Gasteiger partial charge in [0.2, 0.25) is 11.7 Å². The van der Waals surface area contributed by atoms with E-state index >= 15 is 0 Å². The molecule has 0 saturated carbocycles. The molecular formula is C15H14BrF3N4O2. The third-order valence-corrected chi connectivity index (χ3v) is 4.33. The van der Waals surface area contributed by atoms with E-state index in [1.165, 1.54) is 7.11 Å². The molecule has 3 rings (SSSR count). The zero-order valence-corrected chi connectivity index (χ0v) is 14.7. The van der Waals surface area contributed by atoms with E-state index in [0.717, 1.165) is 10.0 Å². The summed E-state index contributed by atoms with van der Waals surface area (Å²) in [6, 6.07) is 1.84. The van der Waals surface area contributed by atoms with Gasteiger partial charge in [0.05, 0.1) is 12.8 Å². The molecule has 0 aliphatic carbocycles. The summed E-state index contributed by atoms with van der Waals surface area (Å²) >= 11 is 3.34. The number of nitrogens with one attached hydrogen (secondary N) is 1. The Labute approximate surface area is 149 Å². The lowest BCUT2D eigenvalue weighted by Gasteiger charge is -2.28. The largest absolute Gasteiger partial charge is 0.481 e. The van der Waals surface area contributed by atoms with Crippen LogP contribution in [0, 0.1) is 0 Å². The topological polar surface area (TPSA) is 71.1 Å². The van der Waals surface area contributed by atoms with Gasteiger partial charge in [-0.05, 0) is 28.4 Å². The van der Waals surface area contributed by atoms with Gasteiger partial charge in [-0.1, -0.05) is 0 Å². The first-order chi connectivity index (χ1) is 11.8. The number of rotatable bonds is 3. The van der Waals surface area contributed by atoms with Gasteiger partial charge < -0.3 is 9.72 Å². The maximum absolute atomic E-state index is 12.8. The van der Waals surface area contributed by atoms with Crippen LogP contribution in [0.5, 0.6) is 5.88 Å². The highest BCUT2D eigenvalue weighted by Crippen LogP contribution is 2.27. The van der Waals surface area contributed by atoms with E-state index in [4.69, 9.17) is 4.74 Å². The third kappa shape index (κ3) is 3.84. The summed E-state index contributed by atoms with van der Waals surface area (Å²) in [4.78, 5) is 23.4. The third-order valence-electron chi connectivity index (χ3n) is 3.90. The lowest BCUT2D eigenvalue weighted by Crippen LogP contribution is -2.36. The van der Waals surface area contributed by atoms with E-state index in [2.05, 4.69) is 25.9 Å². The fraction of sp³-hybridized carbons (Fsp3) is 0.400. The van der Waals surface area contributed by atoms with Crippen LogP contribution in [0.25, 0.3) is 0 Å². The van der Waals surface area contributed by atoms with Gasteiger partial charge in [0.25, 0.3) is 5.56 Å². The molecule has 0 amide bonds. The fourth-order valence-electron chi connectivity index (χ4n) is 2.77. The Morgan fingerprint density at radius 3 is 2.88 bits per heavy atom. The molecule has 0 radical (unpaired) electrons. The van der Waals surface area contributed by atoms with Gasteiger partial charge in [0.1, 0.15) is 0 Å². The second-order valence-electron chi connectivity index (χ2n) is 5.62. The average Bonchev–Trinajstić information content (AvgIpc) is 2.54. The molecule has 3 heterocycles. The zero-order valence-electron chi connectivity index (χ0n) is 13.2. The number of nitrogens with zero attached hydrogens (tertiary/aromatic N) is 3. The summed E-state index contributed by atoms with van der Waals surface area (Å²) in [6.07, 6.45) is -2.75. The van der Waals surface area contributed by atoms with Crippen molar-refractivity contribution in [1.82, 2.24) is 19.9 Å². The van der Waals surface area contributed by atoms with E-state index < -0.39 is 17.6 Å². The Bertz CT molecular complexity index is 854. The van der Waals surface area contributed by atoms with Gasteiger partial charge in [0, 0.05) is 41.4 Å². The standard InChI is InChI=1S/C15H14BrF3N4O2/c1-25-13-8(4-9(16)5-20-13)6-23-3-2-10-11(7-23)21-14(15(17,18)19)22-12(10)24/h4-5H,2-3,6-7H2,1H3,(H,21,22,24). The summed E-state index contributed by atoms with van der Waals surface area (Å²) < 4.78 is 44.5. The number of H-pyrrole nitrogens is 1. The molecule has 2 aromatic rings.